The molecule has 0 aromatic heterocycles. The second kappa shape index (κ2) is 8.47. The molecule has 1 aromatic carbocycles. The maximum atomic E-state index is 5.89. The van der Waals surface area contributed by atoms with Gasteiger partial charge >= 0.3 is 0 Å². The lowest BCUT2D eigenvalue weighted by molar-refractivity contribution is 0.230. The fraction of sp³-hybridized carbons (Fsp3) is 0.500. The van der Waals surface area contributed by atoms with E-state index in [-0.39, 0.29) is 6.10 Å². The third-order valence-corrected chi connectivity index (χ3v) is 3.56. The number of aryl methyl sites for hydroxylation is 1. The first-order valence-electron chi connectivity index (χ1n) is 8.10. The van der Waals surface area contributed by atoms with Gasteiger partial charge in [-0.2, -0.15) is 0 Å². The molecule has 0 heterocycles. The minimum absolute atomic E-state index is 0.0415. The summed E-state index contributed by atoms with van der Waals surface area (Å²) in [4.78, 5) is 4.63. The highest BCUT2D eigenvalue weighted by Crippen LogP contribution is 2.13. The molecule has 0 bridgehead atoms. The van der Waals surface area contributed by atoms with E-state index in [4.69, 9.17) is 4.74 Å². The van der Waals surface area contributed by atoms with E-state index in [9.17, 15) is 0 Å². The summed E-state index contributed by atoms with van der Waals surface area (Å²) >= 11 is 0. The number of hydrogen-bond acceptors (Lipinski definition) is 2. The Kier molecular flexibility index (Phi) is 6.31. The summed E-state index contributed by atoms with van der Waals surface area (Å²) in [6.45, 7) is 7.69. The van der Waals surface area contributed by atoms with E-state index < -0.39 is 0 Å². The maximum Gasteiger partial charge on any atom is 0.191 e. The van der Waals surface area contributed by atoms with Crippen LogP contribution in [-0.2, 0) is 0 Å². The predicted octanol–water partition coefficient (Wildman–Crippen LogP) is 3.04. The van der Waals surface area contributed by atoms with Gasteiger partial charge in [-0.05, 0) is 45.7 Å². The molecule has 1 aromatic rings. The number of rotatable bonds is 6. The molecule has 4 nitrogen and oxygen atoms in total. The van der Waals surface area contributed by atoms with Crippen LogP contribution in [0.1, 0.15) is 32.3 Å². The topological polar surface area (TPSA) is 45.7 Å². The second-order valence-corrected chi connectivity index (χ2v) is 5.75. The van der Waals surface area contributed by atoms with E-state index in [1.807, 2.05) is 19.1 Å². The molecule has 0 saturated heterocycles. The summed E-state index contributed by atoms with van der Waals surface area (Å²) in [5, 5.41) is 6.76. The summed E-state index contributed by atoms with van der Waals surface area (Å²) < 4.78 is 5.89. The molecule has 0 amide bonds. The third kappa shape index (κ3) is 5.43. The van der Waals surface area contributed by atoms with Gasteiger partial charge in [-0.15, -0.1) is 0 Å². The molecular weight excluding hydrogens is 274 g/mol. The number of guanidine groups is 1. The van der Waals surface area contributed by atoms with Gasteiger partial charge in [0.1, 0.15) is 11.9 Å². The van der Waals surface area contributed by atoms with Crippen molar-refractivity contribution in [2.75, 3.05) is 13.1 Å². The monoisotopic (exact) mass is 301 g/mol. The minimum Gasteiger partial charge on any atom is -0.489 e. The van der Waals surface area contributed by atoms with Crippen molar-refractivity contribution < 1.29 is 4.74 Å². The highest BCUT2D eigenvalue weighted by Gasteiger charge is 2.12. The summed E-state index contributed by atoms with van der Waals surface area (Å²) in [5.41, 5.74) is 1.24. The summed E-state index contributed by atoms with van der Waals surface area (Å²) in [5.74, 6) is 1.77. The van der Waals surface area contributed by atoms with Crippen LogP contribution in [0.5, 0.6) is 5.75 Å². The zero-order chi connectivity index (χ0) is 15.8. The Morgan fingerprint density at radius 3 is 2.59 bits per heavy atom. The molecule has 0 fully saturated rings. The van der Waals surface area contributed by atoms with Gasteiger partial charge in [-0.1, -0.05) is 29.8 Å². The van der Waals surface area contributed by atoms with Crippen LogP contribution in [0.2, 0.25) is 0 Å². The molecule has 1 aliphatic carbocycles. The zero-order valence-corrected chi connectivity index (χ0v) is 13.8. The molecule has 2 rings (SSSR count). The lowest BCUT2D eigenvalue weighted by Gasteiger charge is -2.18. The van der Waals surface area contributed by atoms with E-state index in [0.29, 0.717) is 12.6 Å². The number of benzene rings is 1. The van der Waals surface area contributed by atoms with Crippen molar-refractivity contribution >= 4 is 5.96 Å². The summed E-state index contributed by atoms with van der Waals surface area (Å²) in [7, 11) is 0. The lowest BCUT2D eigenvalue weighted by atomic mass is 10.2. The average molecular weight is 301 g/mol. The van der Waals surface area contributed by atoms with Crippen LogP contribution < -0.4 is 15.4 Å². The van der Waals surface area contributed by atoms with Crippen molar-refractivity contribution in [2.45, 2.75) is 45.8 Å². The first-order valence-corrected chi connectivity index (χ1v) is 8.10. The molecule has 0 aliphatic heterocycles. The van der Waals surface area contributed by atoms with E-state index >= 15 is 0 Å². The summed E-state index contributed by atoms with van der Waals surface area (Å²) in [6.07, 6.45) is 6.61. The van der Waals surface area contributed by atoms with Crippen LogP contribution in [0.15, 0.2) is 41.4 Å². The fourth-order valence-electron chi connectivity index (χ4n) is 2.35. The molecule has 120 valence electrons. The van der Waals surface area contributed by atoms with Gasteiger partial charge in [0, 0.05) is 12.6 Å². The van der Waals surface area contributed by atoms with Gasteiger partial charge in [-0.3, -0.25) is 0 Å². The Morgan fingerprint density at radius 1 is 1.27 bits per heavy atom. The first kappa shape index (κ1) is 16.4. The molecular formula is C18H27N3O. The van der Waals surface area contributed by atoms with Crippen molar-refractivity contribution in [3.05, 3.63) is 42.0 Å². The highest BCUT2D eigenvalue weighted by atomic mass is 16.5. The van der Waals surface area contributed by atoms with Crippen LogP contribution in [0.3, 0.4) is 0 Å². The van der Waals surface area contributed by atoms with Crippen LogP contribution in [0.25, 0.3) is 0 Å². The molecule has 4 heteroatoms. The van der Waals surface area contributed by atoms with Crippen molar-refractivity contribution in [3.8, 4) is 5.75 Å². The Balaban J connectivity index is 1.84. The molecule has 22 heavy (non-hydrogen) atoms. The Hall–Kier alpha value is -1.97. The van der Waals surface area contributed by atoms with Gasteiger partial charge in [0.25, 0.3) is 0 Å². The number of nitrogens with zero attached hydrogens (tertiary/aromatic N) is 1. The number of hydrogen-bond donors (Lipinski definition) is 2. The molecule has 0 radical (unpaired) electrons. The molecule has 1 aliphatic rings. The second-order valence-electron chi connectivity index (χ2n) is 5.75. The van der Waals surface area contributed by atoms with Crippen LogP contribution in [0.4, 0.5) is 0 Å². The maximum absolute atomic E-state index is 5.89. The van der Waals surface area contributed by atoms with Crippen LogP contribution in [0, 0.1) is 6.92 Å². The fourth-order valence-corrected chi connectivity index (χ4v) is 2.35. The van der Waals surface area contributed by atoms with Gasteiger partial charge < -0.3 is 15.4 Å². The van der Waals surface area contributed by atoms with Crippen LogP contribution in [-0.4, -0.2) is 31.2 Å². The van der Waals surface area contributed by atoms with E-state index in [1.54, 1.807) is 0 Å². The van der Waals surface area contributed by atoms with Crippen molar-refractivity contribution in [1.82, 2.24) is 10.6 Å². The molecule has 1 atom stereocenters. The number of aliphatic imine (C=N–C) groups is 1. The first-order chi connectivity index (χ1) is 10.7. The zero-order valence-electron chi connectivity index (χ0n) is 13.8. The molecule has 2 N–H and O–H groups in total. The lowest BCUT2D eigenvalue weighted by Crippen LogP contribution is -2.43. The van der Waals surface area contributed by atoms with Crippen molar-refractivity contribution in [3.63, 3.8) is 0 Å². The Bertz CT molecular complexity index is 500. The van der Waals surface area contributed by atoms with Gasteiger partial charge in [0.05, 0.1) is 6.54 Å². The van der Waals surface area contributed by atoms with E-state index in [0.717, 1.165) is 31.1 Å². The largest absolute Gasteiger partial charge is 0.489 e. The van der Waals surface area contributed by atoms with Gasteiger partial charge in [-0.25, -0.2) is 4.99 Å². The molecule has 1 unspecified atom stereocenters. The van der Waals surface area contributed by atoms with E-state index in [1.165, 1.54) is 5.56 Å². The highest BCUT2D eigenvalue weighted by molar-refractivity contribution is 5.80. The number of ether oxygens (including phenoxy) is 1. The van der Waals surface area contributed by atoms with Crippen molar-refractivity contribution in [1.29, 1.82) is 0 Å². The third-order valence-electron chi connectivity index (χ3n) is 3.56. The van der Waals surface area contributed by atoms with Crippen molar-refractivity contribution in [2.24, 2.45) is 4.99 Å². The summed E-state index contributed by atoms with van der Waals surface area (Å²) in [6, 6.07) is 8.59. The standard InChI is InChI=1S/C18H27N3O/c1-4-19-18(21-16-7-5-6-8-16)20-13-15(3)22-17-11-9-14(2)10-12-17/h5-6,9-12,15-16H,4,7-8,13H2,1-3H3,(H2,19,20,21). The van der Waals surface area contributed by atoms with Gasteiger partial charge in [0.2, 0.25) is 0 Å². The Morgan fingerprint density at radius 2 is 1.95 bits per heavy atom. The average Bonchev–Trinajstić information content (AvgIpc) is 3.00. The SMILES string of the molecule is CCNC(=NCC(C)Oc1ccc(C)cc1)NC1CC=CC1. The molecule has 0 saturated carbocycles. The normalized spacial score (nSPS) is 16.6. The predicted molar refractivity (Wildman–Crippen MR) is 92.5 cm³/mol. The van der Waals surface area contributed by atoms with E-state index in [2.05, 4.69) is 53.8 Å². The smallest absolute Gasteiger partial charge is 0.191 e. The molecule has 0 spiro atoms. The Labute approximate surface area is 133 Å². The van der Waals surface area contributed by atoms with Gasteiger partial charge in [0.15, 0.2) is 5.96 Å². The van der Waals surface area contributed by atoms with Crippen LogP contribution >= 0.6 is 0 Å². The quantitative estimate of drug-likeness (QED) is 0.482. The number of nitrogens with one attached hydrogen (secondary N) is 2. The minimum atomic E-state index is 0.0415.